The van der Waals surface area contributed by atoms with Crippen LogP contribution in [0, 0.1) is 5.92 Å². The summed E-state index contributed by atoms with van der Waals surface area (Å²) < 4.78 is 0. The number of piperidine rings is 1. The van der Waals surface area contributed by atoms with Crippen molar-refractivity contribution < 1.29 is 0 Å². The first-order chi connectivity index (χ1) is 8.31. The molecule has 3 aliphatic rings. The lowest BCUT2D eigenvalue weighted by atomic mass is 9.83. The highest BCUT2D eigenvalue weighted by molar-refractivity contribution is 5.00. The van der Waals surface area contributed by atoms with E-state index in [0.29, 0.717) is 0 Å². The zero-order chi connectivity index (χ0) is 11.7. The molecule has 1 aliphatic carbocycles. The van der Waals surface area contributed by atoms with Crippen LogP contribution in [-0.2, 0) is 0 Å². The van der Waals surface area contributed by atoms with E-state index in [1.807, 2.05) is 0 Å². The average Bonchev–Trinajstić information content (AvgIpc) is 3.06. The quantitative estimate of drug-likeness (QED) is 0.758. The maximum absolute atomic E-state index is 6.07. The first-order valence-corrected chi connectivity index (χ1v) is 7.50. The molecule has 0 aromatic rings. The Hall–Kier alpha value is -0.120. The van der Waals surface area contributed by atoms with Gasteiger partial charge in [0.25, 0.3) is 0 Å². The normalized spacial score (nSPS) is 38.3. The van der Waals surface area contributed by atoms with Crippen molar-refractivity contribution in [2.45, 2.75) is 56.5 Å². The van der Waals surface area contributed by atoms with Crippen LogP contribution >= 0.6 is 0 Å². The van der Waals surface area contributed by atoms with E-state index in [2.05, 4.69) is 10.2 Å². The first kappa shape index (κ1) is 11.9. The number of fused-ring (bicyclic) bond motifs is 1. The van der Waals surface area contributed by atoms with Gasteiger partial charge in [-0.05, 0) is 51.1 Å². The molecule has 2 saturated heterocycles. The van der Waals surface area contributed by atoms with Crippen LogP contribution in [0.15, 0.2) is 0 Å². The van der Waals surface area contributed by atoms with Crippen molar-refractivity contribution in [3.8, 4) is 0 Å². The molecule has 2 aliphatic heterocycles. The molecule has 2 unspecified atom stereocenters. The largest absolute Gasteiger partial charge is 0.329 e. The van der Waals surface area contributed by atoms with Gasteiger partial charge in [-0.15, -0.1) is 0 Å². The summed E-state index contributed by atoms with van der Waals surface area (Å²) in [6.07, 6.45) is 9.63. The number of nitrogens with zero attached hydrogens (tertiary/aromatic N) is 1. The molecule has 3 N–H and O–H groups in total. The maximum Gasteiger partial charge on any atom is 0.0331 e. The standard InChI is InChI=1S/C14H27N3/c15-11-14(16-7-5-12-3-4-12)6-9-17-8-1-2-13(17)10-14/h12-13,16H,1-11,15H2. The van der Waals surface area contributed by atoms with Crippen molar-refractivity contribution in [1.82, 2.24) is 10.2 Å². The minimum absolute atomic E-state index is 0.264. The molecule has 0 amide bonds. The molecule has 0 radical (unpaired) electrons. The smallest absolute Gasteiger partial charge is 0.0331 e. The van der Waals surface area contributed by atoms with Crippen molar-refractivity contribution in [2.75, 3.05) is 26.2 Å². The van der Waals surface area contributed by atoms with Crippen LogP contribution in [0.4, 0.5) is 0 Å². The van der Waals surface area contributed by atoms with Crippen LogP contribution in [-0.4, -0.2) is 42.7 Å². The summed E-state index contributed by atoms with van der Waals surface area (Å²) in [4.78, 5) is 2.68. The predicted octanol–water partition coefficient (Wildman–Crippen LogP) is 1.33. The predicted molar refractivity (Wildman–Crippen MR) is 71.0 cm³/mol. The Balaban J connectivity index is 1.53. The Morgan fingerprint density at radius 3 is 2.88 bits per heavy atom. The van der Waals surface area contributed by atoms with Gasteiger partial charge >= 0.3 is 0 Å². The van der Waals surface area contributed by atoms with E-state index in [1.165, 1.54) is 64.6 Å². The lowest BCUT2D eigenvalue weighted by molar-refractivity contribution is 0.110. The summed E-state index contributed by atoms with van der Waals surface area (Å²) in [5.74, 6) is 1.03. The minimum Gasteiger partial charge on any atom is -0.329 e. The van der Waals surface area contributed by atoms with E-state index in [1.54, 1.807) is 0 Å². The Morgan fingerprint density at radius 1 is 1.24 bits per heavy atom. The van der Waals surface area contributed by atoms with E-state index in [4.69, 9.17) is 5.73 Å². The third-order valence-corrected chi connectivity index (χ3v) is 5.14. The fourth-order valence-electron chi connectivity index (χ4n) is 3.70. The van der Waals surface area contributed by atoms with Gasteiger partial charge in [0.1, 0.15) is 0 Å². The molecule has 98 valence electrons. The zero-order valence-electron chi connectivity index (χ0n) is 11.0. The van der Waals surface area contributed by atoms with Crippen LogP contribution in [0.25, 0.3) is 0 Å². The van der Waals surface area contributed by atoms with Gasteiger partial charge in [0.15, 0.2) is 0 Å². The lowest BCUT2D eigenvalue weighted by Crippen LogP contribution is -2.59. The van der Waals surface area contributed by atoms with E-state index >= 15 is 0 Å². The monoisotopic (exact) mass is 237 g/mol. The van der Waals surface area contributed by atoms with Gasteiger partial charge in [-0.2, -0.15) is 0 Å². The molecule has 3 rings (SSSR count). The number of rotatable bonds is 5. The van der Waals surface area contributed by atoms with E-state index in [9.17, 15) is 0 Å². The van der Waals surface area contributed by atoms with Crippen LogP contribution in [0.2, 0.25) is 0 Å². The molecule has 3 fully saturated rings. The Labute approximate surface area is 105 Å². The second-order valence-electron chi connectivity index (χ2n) is 6.43. The molecular weight excluding hydrogens is 210 g/mol. The summed E-state index contributed by atoms with van der Waals surface area (Å²) in [5, 5.41) is 3.82. The van der Waals surface area contributed by atoms with Gasteiger partial charge in [0.05, 0.1) is 0 Å². The first-order valence-electron chi connectivity index (χ1n) is 7.50. The van der Waals surface area contributed by atoms with Gasteiger partial charge in [-0.1, -0.05) is 12.8 Å². The molecule has 1 saturated carbocycles. The fourth-order valence-corrected chi connectivity index (χ4v) is 3.70. The Bertz CT molecular complexity index is 264. The Morgan fingerprint density at radius 2 is 2.12 bits per heavy atom. The molecule has 0 bridgehead atoms. The van der Waals surface area contributed by atoms with E-state index in [0.717, 1.165) is 18.5 Å². The average molecular weight is 237 g/mol. The van der Waals surface area contributed by atoms with E-state index < -0.39 is 0 Å². The van der Waals surface area contributed by atoms with Crippen LogP contribution in [0.1, 0.15) is 44.9 Å². The number of hydrogen-bond donors (Lipinski definition) is 2. The fraction of sp³-hybridized carbons (Fsp3) is 1.00. The van der Waals surface area contributed by atoms with Crippen molar-refractivity contribution in [1.29, 1.82) is 0 Å². The molecule has 0 spiro atoms. The second kappa shape index (κ2) is 4.87. The van der Waals surface area contributed by atoms with Crippen LogP contribution in [0.3, 0.4) is 0 Å². The van der Waals surface area contributed by atoms with Gasteiger partial charge in [-0.3, -0.25) is 0 Å². The summed E-state index contributed by atoms with van der Waals surface area (Å²) in [6.45, 7) is 4.60. The number of nitrogens with two attached hydrogens (primary N) is 1. The summed E-state index contributed by atoms with van der Waals surface area (Å²) in [5.41, 5.74) is 6.34. The highest BCUT2D eigenvalue weighted by Crippen LogP contribution is 2.34. The van der Waals surface area contributed by atoms with Crippen LogP contribution < -0.4 is 11.1 Å². The third-order valence-electron chi connectivity index (χ3n) is 5.14. The third kappa shape index (κ3) is 2.67. The summed E-state index contributed by atoms with van der Waals surface area (Å²) >= 11 is 0. The van der Waals surface area contributed by atoms with Crippen molar-refractivity contribution in [3.05, 3.63) is 0 Å². The molecule has 2 heterocycles. The maximum atomic E-state index is 6.07. The zero-order valence-corrected chi connectivity index (χ0v) is 11.0. The molecule has 17 heavy (non-hydrogen) atoms. The molecule has 3 heteroatoms. The van der Waals surface area contributed by atoms with Crippen molar-refractivity contribution in [2.24, 2.45) is 11.7 Å². The molecule has 3 nitrogen and oxygen atoms in total. The van der Waals surface area contributed by atoms with Gasteiger partial charge < -0.3 is 16.0 Å². The van der Waals surface area contributed by atoms with Gasteiger partial charge in [0, 0.05) is 24.7 Å². The minimum atomic E-state index is 0.264. The highest BCUT2D eigenvalue weighted by atomic mass is 15.2. The summed E-state index contributed by atoms with van der Waals surface area (Å²) in [6, 6.07) is 0.820. The van der Waals surface area contributed by atoms with Crippen molar-refractivity contribution >= 4 is 0 Å². The number of hydrogen-bond acceptors (Lipinski definition) is 3. The molecule has 0 aromatic heterocycles. The van der Waals surface area contributed by atoms with E-state index in [-0.39, 0.29) is 5.54 Å². The second-order valence-corrected chi connectivity index (χ2v) is 6.43. The highest BCUT2D eigenvalue weighted by Gasteiger charge is 2.40. The van der Waals surface area contributed by atoms with Crippen molar-refractivity contribution in [3.63, 3.8) is 0 Å². The molecule has 0 aromatic carbocycles. The van der Waals surface area contributed by atoms with Gasteiger partial charge in [0.2, 0.25) is 0 Å². The SMILES string of the molecule is NCC1(NCCC2CC2)CCN2CCCC2C1. The topological polar surface area (TPSA) is 41.3 Å². The molecular formula is C14H27N3. The van der Waals surface area contributed by atoms with Crippen LogP contribution in [0.5, 0.6) is 0 Å². The Kier molecular flexibility index (Phi) is 3.42. The van der Waals surface area contributed by atoms with Gasteiger partial charge in [-0.25, -0.2) is 0 Å². The molecule has 2 atom stereocenters. The summed E-state index contributed by atoms with van der Waals surface area (Å²) in [7, 11) is 0. The number of nitrogens with one attached hydrogen (secondary N) is 1. The lowest BCUT2D eigenvalue weighted by Gasteiger charge is -2.44.